The van der Waals surface area contributed by atoms with Crippen LogP contribution < -0.4 is 0 Å². The van der Waals surface area contributed by atoms with Crippen molar-refractivity contribution >= 4 is 17.9 Å². The fourth-order valence-electron chi connectivity index (χ4n) is 7.94. The van der Waals surface area contributed by atoms with Crippen LogP contribution in [-0.4, -0.2) is 33.2 Å². The summed E-state index contributed by atoms with van der Waals surface area (Å²) in [4.78, 5) is 31.0. The maximum Gasteiger partial charge on any atom is 0.303 e. The number of hydrogen-bond donors (Lipinski definition) is 3. The van der Waals surface area contributed by atoms with Crippen molar-refractivity contribution in [2.75, 3.05) is 0 Å². The summed E-state index contributed by atoms with van der Waals surface area (Å²) in [6, 6.07) is 0. The summed E-state index contributed by atoms with van der Waals surface area (Å²) in [5.41, 5.74) is 0. The van der Waals surface area contributed by atoms with Crippen molar-refractivity contribution in [1.29, 1.82) is 0 Å². The molecule has 0 radical (unpaired) electrons. The van der Waals surface area contributed by atoms with Gasteiger partial charge in [0, 0.05) is 60.1 Å². The first-order chi connectivity index (χ1) is 29.3. The van der Waals surface area contributed by atoms with Crippen LogP contribution in [0, 0.1) is 40.8 Å². The Morgan fingerprint density at radius 3 is 0.410 bits per heavy atom. The monoisotopic (exact) mass is 995 g/mol. The molecule has 0 spiro atoms. The van der Waals surface area contributed by atoms with Crippen molar-refractivity contribution in [2.24, 2.45) is 0 Å². The SMILES string of the molecule is CCCCCCCCCCCCCCCCCC(=O)O.CCCCCCCCCCCCCCCCCC(=O)O.CCCCCCCCCCCCCCCCCC(=O)O.[Nd]. The van der Waals surface area contributed by atoms with Crippen molar-refractivity contribution in [2.45, 2.75) is 329 Å². The second kappa shape index (κ2) is 64.0. The van der Waals surface area contributed by atoms with E-state index >= 15 is 0 Å². The van der Waals surface area contributed by atoms with Gasteiger partial charge in [0.15, 0.2) is 0 Å². The molecule has 0 aliphatic heterocycles. The minimum absolute atomic E-state index is 0. The van der Waals surface area contributed by atoms with Gasteiger partial charge in [-0.1, -0.05) is 290 Å². The smallest absolute Gasteiger partial charge is 0.303 e. The fraction of sp³-hybridized carbons (Fsp3) is 0.944. The molecule has 0 bridgehead atoms. The van der Waals surface area contributed by atoms with Gasteiger partial charge >= 0.3 is 17.9 Å². The molecule has 0 aromatic rings. The Morgan fingerprint density at radius 2 is 0.311 bits per heavy atom. The van der Waals surface area contributed by atoms with Gasteiger partial charge < -0.3 is 15.3 Å². The molecule has 0 saturated carbocycles. The normalized spacial score (nSPS) is 10.7. The van der Waals surface area contributed by atoms with E-state index in [0.717, 1.165) is 38.5 Å². The van der Waals surface area contributed by atoms with Gasteiger partial charge in [0.05, 0.1) is 0 Å². The van der Waals surface area contributed by atoms with Gasteiger partial charge in [0.25, 0.3) is 0 Å². The molecular formula is C54H108NdO6. The quantitative estimate of drug-likeness (QED) is 0.0524. The van der Waals surface area contributed by atoms with Gasteiger partial charge in [-0.3, -0.25) is 14.4 Å². The zero-order chi connectivity index (χ0) is 44.7. The molecule has 3 N–H and O–H groups in total. The van der Waals surface area contributed by atoms with Crippen LogP contribution in [0.25, 0.3) is 0 Å². The van der Waals surface area contributed by atoms with E-state index < -0.39 is 17.9 Å². The number of carboxylic acid groups (broad SMARTS) is 3. The molecular weight excluding hydrogens is 889 g/mol. The Balaban J connectivity index is -0.000000396. The van der Waals surface area contributed by atoms with Crippen LogP contribution in [0.5, 0.6) is 0 Å². The van der Waals surface area contributed by atoms with E-state index in [9.17, 15) is 14.4 Å². The molecule has 0 aliphatic rings. The van der Waals surface area contributed by atoms with E-state index in [2.05, 4.69) is 20.8 Å². The number of hydrogen-bond acceptors (Lipinski definition) is 3. The Hall–Kier alpha value is -0.239. The van der Waals surface area contributed by atoms with Crippen LogP contribution >= 0.6 is 0 Å². The first-order valence-corrected chi connectivity index (χ1v) is 27.0. The summed E-state index contributed by atoms with van der Waals surface area (Å²) in [6.45, 7) is 6.81. The maximum absolute atomic E-state index is 10.3. The van der Waals surface area contributed by atoms with Crippen molar-refractivity contribution in [3.8, 4) is 0 Å². The molecule has 0 rings (SSSR count). The minimum atomic E-state index is -0.653. The van der Waals surface area contributed by atoms with Gasteiger partial charge in [-0.05, 0) is 19.3 Å². The van der Waals surface area contributed by atoms with Gasteiger partial charge in [-0.15, -0.1) is 0 Å². The Morgan fingerprint density at radius 1 is 0.213 bits per heavy atom. The van der Waals surface area contributed by atoms with Gasteiger partial charge in [0.1, 0.15) is 0 Å². The van der Waals surface area contributed by atoms with E-state index in [4.69, 9.17) is 15.3 Å². The first kappa shape index (κ1) is 67.4. The molecule has 7 heteroatoms. The minimum Gasteiger partial charge on any atom is -0.481 e. The summed E-state index contributed by atoms with van der Waals surface area (Å²) in [6.07, 6.45) is 60.6. The zero-order valence-corrected chi connectivity index (χ0v) is 44.7. The summed E-state index contributed by atoms with van der Waals surface area (Å²) < 4.78 is 0. The molecule has 6 nitrogen and oxygen atoms in total. The third kappa shape index (κ3) is 77.4. The Labute approximate surface area is 414 Å². The zero-order valence-electron chi connectivity index (χ0n) is 41.5. The molecule has 0 unspecified atom stereocenters. The summed E-state index contributed by atoms with van der Waals surface area (Å²) in [7, 11) is 0. The van der Waals surface area contributed by atoms with Crippen LogP contribution in [0.2, 0.25) is 0 Å². The number of carboxylic acids is 3. The topological polar surface area (TPSA) is 112 Å². The molecule has 0 atom stereocenters. The average Bonchev–Trinajstić information content (AvgIpc) is 3.22. The number of carbonyl (C=O) groups is 3. The predicted octanol–water partition coefficient (Wildman–Crippen LogP) is 19.0. The second-order valence-corrected chi connectivity index (χ2v) is 18.3. The molecule has 0 saturated heterocycles. The fourth-order valence-corrected chi connectivity index (χ4v) is 7.94. The van der Waals surface area contributed by atoms with Crippen LogP contribution in [0.3, 0.4) is 0 Å². The molecule has 364 valence electrons. The molecule has 0 aromatic carbocycles. The van der Waals surface area contributed by atoms with Gasteiger partial charge in [-0.25, -0.2) is 0 Å². The largest absolute Gasteiger partial charge is 0.481 e. The van der Waals surface area contributed by atoms with E-state index in [0.29, 0.717) is 19.3 Å². The third-order valence-corrected chi connectivity index (χ3v) is 12.0. The Kier molecular flexibility index (Phi) is 70.7. The molecule has 61 heavy (non-hydrogen) atoms. The van der Waals surface area contributed by atoms with E-state index in [-0.39, 0.29) is 40.8 Å². The van der Waals surface area contributed by atoms with Crippen LogP contribution in [0.15, 0.2) is 0 Å². The molecule has 0 amide bonds. The molecule has 0 aliphatic carbocycles. The third-order valence-electron chi connectivity index (χ3n) is 12.0. The van der Waals surface area contributed by atoms with Gasteiger partial charge in [0.2, 0.25) is 0 Å². The summed E-state index contributed by atoms with van der Waals surface area (Å²) in [5.74, 6) is -1.96. The van der Waals surface area contributed by atoms with E-state index in [1.165, 1.54) is 250 Å². The summed E-state index contributed by atoms with van der Waals surface area (Å²) in [5, 5.41) is 25.6. The van der Waals surface area contributed by atoms with Crippen LogP contribution in [0.1, 0.15) is 329 Å². The maximum atomic E-state index is 10.3. The first-order valence-electron chi connectivity index (χ1n) is 27.0. The van der Waals surface area contributed by atoms with E-state index in [1.54, 1.807) is 0 Å². The summed E-state index contributed by atoms with van der Waals surface area (Å²) >= 11 is 0. The van der Waals surface area contributed by atoms with Gasteiger partial charge in [-0.2, -0.15) is 0 Å². The van der Waals surface area contributed by atoms with Crippen molar-refractivity contribution in [3.63, 3.8) is 0 Å². The van der Waals surface area contributed by atoms with E-state index in [1.807, 2.05) is 0 Å². The van der Waals surface area contributed by atoms with Crippen LogP contribution in [-0.2, 0) is 14.4 Å². The molecule has 0 aromatic heterocycles. The average molecular weight is 998 g/mol. The van der Waals surface area contributed by atoms with Crippen molar-refractivity contribution in [1.82, 2.24) is 0 Å². The number of unbranched alkanes of at least 4 members (excludes halogenated alkanes) is 42. The standard InChI is InChI=1S/3C18H36O2.Nd/c3*1-2-3-4-5-6-7-8-9-10-11-12-13-14-15-16-17-18(19)20;/h3*2-17H2,1H3,(H,19,20);. The molecule has 0 fully saturated rings. The predicted molar refractivity (Wildman–Crippen MR) is 262 cm³/mol. The van der Waals surface area contributed by atoms with Crippen molar-refractivity contribution < 1.29 is 70.5 Å². The number of aliphatic carboxylic acids is 3. The second-order valence-electron chi connectivity index (χ2n) is 18.3. The Bertz CT molecular complexity index is 717. The number of rotatable bonds is 48. The van der Waals surface area contributed by atoms with Crippen molar-refractivity contribution in [3.05, 3.63) is 0 Å². The van der Waals surface area contributed by atoms with Crippen LogP contribution in [0.4, 0.5) is 0 Å². The molecule has 0 heterocycles.